The van der Waals surface area contributed by atoms with Gasteiger partial charge in [0.25, 0.3) is 0 Å². The van der Waals surface area contributed by atoms with Gasteiger partial charge in [0.05, 0.1) is 16.7 Å². The summed E-state index contributed by atoms with van der Waals surface area (Å²) < 4.78 is 15.3. The van der Waals surface area contributed by atoms with E-state index in [4.69, 9.17) is 13.8 Å². The average molecular weight is 770 g/mol. The van der Waals surface area contributed by atoms with Crippen molar-refractivity contribution < 1.29 is 8.83 Å². The number of benzene rings is 9. The molecule has 3 heterocycles. The van der Waals surface area contributed by atoms with Crippen LogP contribution in [-0.4, -0.2) is 9.55 Å². The molecule has 0 saturated heterocycles. The Morgan fingerprint density at radius 2 is 1.02 bits per heavy atom. The molecule has 12 rings (SSSR count). The van der Waals surface area contributed by atoms with Crippen molar-refractivity contribution in [3.8, 4) is 39.4 Å². The third kappa shape index (κ3) is 5.52. The molecule has 0 radical (unpaired) electrons. The smallest absolute Gasteiger partial charge is 0.227 e. The van der Waals surface area contributed by atoms with Gasteiger partial charge in [0.15, 0.2) is 5.58 Å². The molecule has 0 saturated carbocycles. The van der Waals surface area contributed by atoms with Crippen LogP contribution in [0.15, 0.2) is 221 Å². The number of furan rings is 1. The maximum Gasteiger partial charge on any atom is 0.227 e. The van der Waals surface area contributed by atoms with Crippen LogP contribution in [0.1, 0.15) is 0 Å². The summed E-state index contributed by atoms with van der Waals surface area (Å²) in [6.45, 7) is 0. The summed E-state index contributed by atoms with van der Waals surface area (Å²) in [7, 11) is 0. The van der Waals surface area contributed by atoms with E-state index in [2.05, 4.69) is 185 Å². The molecule has 5 heteroatoms. The van der Waals surface area contributed by atoms with Gasteiger partial charge >= 0.3 is 0 Å². The van der Waals surface area contributed by atoms with E-state index < -0.39 is 0 Å². The molecule has 12 aromatic rings. The second-order valence-corrected chi connectivity index (χ2v) is 15.1. The number of fused-ring (bicyclic) bond motifs is 7. The molecule has 0 fully saturated rings. The van der Waals surface area contributed by atoms with Crippen molar-refractivity contribution in [1.29, 1.82) is 0 Å². The predicted octanol–water partition coefficient (Wildman–Crippen LogP) is 15.3. The first kappa shape index (κ1) is 33.9. The standard InChI is InChI=1S/C55H35N3O2/c1-4-14-36(15-5-1)37-26-30-41(31-27-37)57(50-25-13-22-45-44-20-10-11-24-49(44)58(53(45)50)40-18-8-3-9-19-40)42-32-28-38(29-33-42)43-21-12-23-46-47-34-48-52(35-51(47)59-54(43)46)60-55(56-48)39-16-6-2-7-17-39/h1-35H. The van der Waals surface area contributed by atoms with Crippen molar-refractivity contribution in [3.05, 3.63) is 212 Å². The SMILES string of the molecule is c1ccc(-c2ccc(N(c3ccc(-c4cccc5c4oc4cc6oc(-c7ccccc7)nc6cc45)cc3)c3cccc4c5ccccc5n(-c5ccccc5)c34)cc2)cc1. The minimum absolute atomic E-state index is 0.599. The van der Waals surface area contributed by atoms with Gasteiger partial charge in [0.2, 0.25) is 5.89 Å². The molecule has 0 bridgehead atoms. The topological polar surface area (TPSA) is 47.3 Å². The summed E-state index contributed by atoms with van der Waals surface area (Å²) in [4.78, 5) is 7.22. The molecule has 0 unspecified atom stereocenters. The van der Waals surface area contributed by atoms with Gasteiger partial charge in [-0.2, -0.15) is 0 Å². The Morgan fingerprint density at radius 1 is 0.417 bits per heavy atom. The van der Waals surface area contributed by atoms with E-state index >= 15 is 0 Å². The van der Waals surface area contributed by atoms with E-state index in [9.17, 15) is 0 Å². The van der Waals surface area contributed by atoms with Crippen LogP contribution in [-0.2, 0) is 0 Å². The van der Waals surface area contributed by atoms with Crippen molar-refractivity contribution in [2.24, 2.45) is 0 Å². The number of aromatic nitrogens is 2. The van der Waals surface area contributed by atoms with Crippen LogP contribution < -0.4 is 4.90 Å². The third-order valence-electron chi connectivity index (χ3n) is 11.6. The quantitative estimate of drug-likeness (QED) is 0.162. The van der Waals surface area contributed by atoms with Gasteiger partial charge in [0, 0.05) is 55.8 Å². The molecule has 0 amide bonds. The van der Waals surface area contributed by atoms with Gasteiger partial charge in [-0.15, -0.1) is 0 Å². The van der Waals surface area contributed by atoms with Crippen LogP contribution in [0, 0.1) is 0 Å². The van der Waals surface area contributed by atoms with Crippen LogP contribution in [0.25, 0.3) is 94.2 Å². The fourth-order valence-corrected chi connectivity index (χ4v) is 8.83. The zero-order valence-electron chi connectivity index (χ0n) is 32.4. The lowest BCUT2D eigenvalue weighted by molar-refractivity contribution is 0.617. The summed E-state index contributed by atoms with van der Waals surface area (Å²) in [6, 6.07) is 74.7. The Kier molecular flexibility index (Phi) is 7.78. The van der Waals surface area contributed by atoms with Gasteiger partial charge in [-0.1, -0.05) is 140 Å². The minimum atomic E-state index is 0.599. The predicted molar refractivity (Wildman–Crippen MR) is 247 cm³/mol. The molecular formula is C55H35N3O2. The summed E-state index contributed by atoms with van der Waals surface area (Å²) >= 11 is 0. The molecule has 5 nitrogen and oxygen atoms in total. The molecule has 0 spiro atoms. The fourth-order valence-electron chi connectivity index (χ4n) is 8.83. The highest BCUT2D eigenvalue weighted by atomic mass is 16.4. The molecule has 9 aromatic carbocycles. The Balaban J connectivity index is 1.00. The third-order valence-corrected chi connectivity index (χ3v) is 11.6. The monoisotopic (exact) mass is 769 g/mol. The normalized spacial score (nSPS) is 11.7. The maximum absolute atomic E-state index is 6.66. The van der Waals surface area contributed by atoms with Crippen molar-refractivity contribution in [2.45, 2.75) is 0 Å². The van der Waals surface area contributed by atoms with Crippen molar-refractivity contribution in [1.82, 2.24) is 9.55 Å². The number of para-hydroxylation sites is 4. The molecule has 0 aliphatic carbocycles. The molecule has 60 heavy (non-hydrogen) atoms. The molecular weight excluding hydrogens is 735 g/mol. The van der Waals surface area contributed by atoms with Gasteiger partial charge in [0.1, 0.15) is 16.7 Å². The van der Waals surface area contributed by atoms with Crippen LogP contribution in [0.4, 0.5) is 17.1 Å². The first-order chi connectivity index (χ1) is 29.7. The van der Waals surface area contributed by atoms with E-state index in [0.29, 0.717) is 11.5 Å². The molecule has 0 aliphatic heterocycles. The Hall–Kier alpha value is -8.15. The van der Waals surface area contributed by atoms with Gasteiger partial charge in [-0.25, -0.2) is 4.98 Å². The summed E-state index contributed by atoms with van der Waals surface area (Å²) in [5, 5.41) is 4.46. The van der Waals surface area contributed by atoms with E-state index in [1.54, 1.807) is 0 Å². The second kappa shape index (κ2) is 13.8. The molecule has 282 valence electrons. The number of oxazole rings is 1. The van der Waals surface area contributed by atoms with Gasteiger partial charge < -0.3 is 18.3 Å². The highest BCUT2D eigenvalue weighted by Gasteiger charge is 2.22. The number of anilines is 3. The number of rotatable bonds is 7. The molecule has 0 atom stereocenters. The summed E-state index contributed by atoms with van der Waals surface area (Å²) in [5.74, 6) is 0.599. The van der Waals surface area contributed by atoms with Crippen LogP contribution in [0.5, 0.6) is 0 Å². The van der Waals surface area contributed by atoms with Crippen molar-refractivity contribution in [3.63, 3.8) is 0 Å². The zero-order valence-corrected chi connectivity index (χ0v) is 32.4. The lowest BCUT2D eigenvalue weighted by atomic mass is 10.0. The largest absolute Gasteiger partial charge is 0.455 e. The molecule has 0 aliphatic rings. The highest BCUT2D eigenvalue weighted by molar-refractivity contribution is 6.15. The van der Waals surface area contributed by atoms with Gasteiger partial charge in [-0.3, -0.25) is 0 Å². The Morgan fingerprint density at radius 3 is 1.77 bits per heavy atom. The zero-order chi connectivity index (χ0) is 39.6. The number of hydrogen-bond donors (Lipinski definition) is 0. The van der Waals surface area contributed by atoms with E-state index in [1.807, 2.05) is 36.4 Å². The average Bonchev–Trinajstić information content (AvgIpc) is 4.01. The van der Waals surface area contributed by atoms with Crippen LogP contribution in [0.2, 0.25) is 0 Å². The van der Waals surface area contributed by atoms with E-state index in [1.165, 1.54) is 27.4 Å². The Bertz CT molecular complexity index is 3510. The van der Waals surface area contributed by atoms with E-state index in [-0.39, 0.29) is 0 Å². The van der Waals surface area contributed by atoms with E-state index in [0.717, 1.165) is 72.4 Å². The summed E-state index contributed by atoms with van der Waals surface area (Å²) in [5.41, 5.74) is 15.1. The molecule has 3 aromatic heterocycles. The van der Waals surface area contributed by atoms with Crippen LogP contribution >= 0.6 is 0 Å². The first-order valence-electron chi connectivity index (χ1n) is 20.2. The van der Waals surface area contributed by atoms with Crippen molar-refractivity contribution >= 4 is 71.9 Å². The van der Waals surface area contributed by atoms with Crippen LogP contribution in [0.3, 0.4) is 0 Å². The van der Waals surface area contributed by atoms with Gasteiger partial charge in [-0.05, 0) is 83.4 Å². The lowest BCUT2D eigenvalue weighted by Crippen LogP contribution is -2.11. The first-order valence-corrected chi connectivity index (χ1v) is 20.2. The lowest BCUT2D eigenvalue weighted by Gasteiger charge is -2.27. The minimum Gasteiger partial charge on any atom is -0.455 e. The second-order valence-electron chi connectivity index (χ2n) is 15.1. The molecule has 0 N–H and O–H groups in total. The Labute approximate surface area is 345 Å². The fraction of sp³-hybridized carbons (Fsp3) is 0. The number of hydrogen-bond acceptors (Lipinski definition) is 4. The highest BCUT2D eigenvalue weighted by Crippen LogP contribution is 2.45. The van der Waals surface area contributed by atoms with Crippen molar-refractivity contribution in [2.75, 3.05) is 4.90 Å². The summed E-state index contributed by atoms with van der Waals surface area (Å²) in [6.07, 6.45) is 0. The number of nitrogens with zero attached hydrogens (tertiary/aromatic N) is 3. The maximum atomic E-state index is 6.66.